The van der Waals surface area contributed by atoms with Crippen molar-refractivity contribution in [3.63, 3.8) is 0 Å². The number of unbranched alkanes of at least 4 members (excludes halogenated alkanes) is 1. The van der Waals surface area contributed by atoms with Crippen molar-refractivity contribution in [2.24, 2.45) is 0 Å². The van der Waals surface area contributed by atoms with E-state index in [2.05, 4.69) is 61.4 Å². The molecule has 2 N–H and O–H groups in total. The second-order valence-corrected chi connectivity index (χ2v) is 9.92. The number of H-pyrrole nitrogens is 1. The number of aromatic nitrogens is 6. The van der Waals surface area contributed by atoms with Crippen molar-refractivity contribution in [3.8, 4) is 10.7 Å². The molecule has 8 nitrogen and oxygen atoms in total. The lowest BCUT2D eigenvalue weighted by Crippen LogP contribution is -2.15. The Morgan fingerprint density at radius 2 is 1.84 bits per heavy atom. The normalized spacial score (nSPS) is 12.4. The fraction of sp³-hybridized carbons (Fsp3) is 0.179. The van der Waals surface area contributed by atoms with Gasteiger partial charge in [-0.1, -0.05) is 61.9 Å². The van der Waals surface area contributed by atoms with Crippen molar-refractivity contribution in [1.82, 2.24) is 30.2 Å². The first-order valence-corrected chi connectivity index (χ1v) is 13.0. The lowest BCUT2D eigenvalue weighted by molar-refractivity contribution is 0.0697. The van der Waals surface area contributed by atoms with Crippen molar-refractivity contribution in [2.75, 3.05) is 0 Å². The number of nitrogens with one attached hydrogen (secondary N) is 1. The third-order valence-electron chi connectivity index (χ3n) is 6.69. The molecule has 0 aliphatic heterocycles. The molecule has 4 heterocycles. The molecule has 6 rings (SSSR count). The Kier molecular flexibility index (Phi) is 5.97. The topological polar surface area (TPSA) is 110 Å². The third kappa shape index (κ3) is 3.88. The van der Waals surface area contributed by atoms with Crippen molar-refractivity contribution >= 4 is 38.4 Å². The summed E-state index contributed by atoms with van der Waals surface area (Å²) in [5, 5.41) is 27.3. The van der Waals surface area contributed by atoms with Crippen LogP contribution in [-0.2, 0) is 6.54 Å². The number of aryl methyl sites for hydroxylation is 1. The van der Waals surface area contributed by atoms with Gasteiger partial charge in [-0.25, -0.2) is 9.78 Å². The number of nitrogens with zero attached hydrogens (tertiary/aromatic N) is 5. The summed E-state index contributed by atoms with van der Waals surface area (Å²) in [6.45, 7) is 2.79. The summed E-state index contributed by atoms with van der Waals surface area (Å²) in [6, 6.07) is 21.9. The molecule has 0 saturated heterocycles. The number of tetrazole rings is 1. The minimum atomic E-state index is -0.968. The molecule has 4 aromatic heterocycles. The number of hydrogen-bond acceptors (Lipinski definition) is 6. The molecule has 0 aliphatic carbocycles. The highest BCUT2D eigenvalue weighted by atomic mass is 32.1. The minimum Gasteiger partial charge on any atom is -0.478 e. The largest absolute Gasteiger partial charge is 0.478 e. The highest BCUT2D eigenvalue weighted by Gasteiger charge is 2.34. The molecule has 0 radical (unpaired) electrons. The molecule has 37 heavy (non-hydrogen) atoms. The van der Waals surface area contributed by atoms with Crippen LogP contribution in [0.15, 0.2) is 72.9 Å². The number of benzene rings is 2. The van der Waals surface area contributed by atoms with E-state index >= 15 is 0 Å². The number of fused-ring (bicyclic) bond motifs is 2. The van der Waals surface area contributed by atoms with Gasteiger partial charge in [0, 0.05) is 28.5 Å². The molecule has 6 aromatic rings. The summed E-state index contributed by atoms with van der Waals surface area (Å²) >= 11 is 1.59. The van der Waals surface area contributed by atoms with Crippen LogP contribution in [0.3, 0.4) is 0 Å². The first kappa shape index (κ1) is 23.1. The summed E-state index contributed by atoms with van der Waals surface area (Å²) in [4.78, 5) is 18.4. The summed E-state index contributed by atoms with van der Waals surface area (Å²) < 4.78 is 3.18. The summed E-state index contributed by atoms with van der Waals surface area (Å²) in [5.41, 5.74) is 3.64. The minimum absolute atomic E-state index is 0.280. The van der Waals surface area contributed by atoms with E-state index < -0.39 is 11.9 Å². The van der Waals surface area contributed by atoms with Gasteiger partial charge in [-0.3, -0.25) is 0 Å². The van der Waals surface area contributed by atoms with E-state index in [1.165, 1.54) is 0 Å². The highest BCUT2D eigenvalue weighted by molar-refractivity contribution is 7.22. The molecular weight excluding hydrogens is 484 g/mol. The number of carboxylic acid groups (broad SMARTS) is 1. The first-order valence-electron chi connectivity index (χ1n) is 12.2. The average molecular weight is 509 g/mol. The van der Waals surface area contributed by atoms with E-state index in [0.29, 0.717) is 29.1 Å². The van der Waals surface area contributed by atoms with E-state index in [1.54, 1.807) is 23.6 Å². The Hall–Kier alpha value is -4.37. The second kappa shape index (κ2) is 9.59. The summed E-state index contributed by atoms with van der Waals surface area (Å²) in [6.07, 6.45) is 3.60. The van der Waals surface area contributed by atoms with Crippen molar-refractivity contribution < 1.29 is 9.90 Å². The maximum absolute atomic E-state index is 12.9. The van der Waals surface area contributed by atoms with Crippen LogP contribution in [0.4, 0.5) is 0 Å². The number of aromatic carboxylic acids is 1. The molecular formula is C28H24N6O2S. The van der Waals surface area contributed by atoms with Crippen LogP contribution in [-0.4, -0.2) is 41.3 Å². The molecule has 0 bridgehead atoms. The van der Waals surface area contributed by atoms with E-state index in [-0.39, 0.29) is 5.56 Å². The number of carboxylic acids is 1. The lowest BCUT2D eigenvalue weighted by Gasteiger charge is -2.23. The zero-order chi connectivity index (χ0) is 25.4. The standard InChI is InChI=1S/C28H24N6O2S/c1-2-3-16-34-24(23(28(35)36)19-13-9-15-29-27(19)34)21(17-10-5-4-6-11-17)22-18-12-7-8-14-20(18)37-25(22)26-30-32-33-31-26/h4-15,21H,2-3,16H2,1H3,(H,35,36)(H,30,31,32,33). The van der Waals surface area contributed by atoms with Gasteiger partial charge in [-0.15, -0.1) is 21.5 Å². The highest BCUT2D eigenvalue weighted by Crippen LogP contribution is 2.48. The number of carbonyl (C=O) groups is 1. The summed E-state index contributed by atoms with van der Waals surface area (Å²) in [7, 11) is 0. The van der Waals surface area contributed by atoms with Crippen molar-refractivity contribution in [3.05, 3.63) is 95.3 Å². The molecule has 0 amide bonds. The summed E-state index contributed by atoms with van der Waals surface area (Å²) in [5.74, 6) is -0.879. The average Bonchev–Trinajstić information content (AvgIpc) is 3.65. The first-order chi connectivity index (χ1) is 18.2. The van der Waals surface area contributed by atoms with E-state index in [4.69, 9.17) is 0 Å². The number of hydrogen-bond donors (Lipinski definition) is 2. The fourth-order valence-corrected chi connectivity index (χ4v) is 6.31. The smallest absolute Gasteiger partial charge is 0.338 e. The van der Waals surface area contributed by atoms with Crippen LogP contribution in [0.2, 0.25) is 0 Å². The second-order valence-electron chi connectivity index (χ2n) is 8.87. The fourth-order valence-electron chi connectivity index (χ4n) is 5.14. The molecule has 9 heteroatoms. The van der Waals surface area contributed by atoms with E-state index in [0.717, 1.165) is 38.9 Å². The molecule has 2 aromatic carbocycles. The van der Waals surface area contributed by atoms with E-state index in [9.17, 15) is 9.90 Å². The van der Waals surface area contributed by atoms with Crippen LogP contribution in [0.25, 0.3) is 31.8 Å². The molecule has 0 aliphatic rings. The van der Waals surface area contributed by atoms with Gasteiger partial charge in [0.05, 0.1) is 16.4 Å². The van der Waals surface area contributed by atoms with Crippen LogP contribution < -0.4 is 0 Å². The van der Waals surface area contributed by atoms with Gasteiger partial charge in [0.1, 0.15) is 5.65 Å². The van der Waals surface area contributed by atoms with Gasteiger partial charge in [0.2, 0.25) is 5.82 Å². The Morgan fingerprint density at radius 1 is 1.05 bits per heavy atom. The van der Waals surface area contributed by atoms with Crippen LogP contribution in [0.5, 0.6) is 0 Å². The molecule has 1 unspecified atom stereocenters. The van der Waals surface area contributed by atoms with Gasteiger partial charge in [-0.05, 0) is 46.3 Å². The number of aromatic amines is 1. The maximum atomic E-state index is 12.9. The van der Waals surface area contributed by atoms with Crippen LogP contribution in [0.1, 0.15) is 52.9 Å². The van der Waals surface area contributed by atoms with Crippen molar-refractivity contribution in [2.45, 2.75) is 32.2 Å². The zero-order valence-electron chi connectivity index (χ0n) is 20.1. The predicted octanol–water partition coefficient (Wildman–Crippen LogP) is 6.11. The van der Waals surface area contributed by atoms with E-state index in [1.807, 2.05) is 36.4 Å². The van der Waals surface area contributed by atoms with Gasteiger partial charge in [0.25, 0.3) is 0 Å². The SMILES string of the molecule is CCCCn1c(C(c2ccccc2)c2c(-c3nn[nH]n3)sc3ccccc23)c(C(=O)O)c2cccnc21. The van der Waals surface area contributed by atoms with Gasteiger partial charge < -0.3 is 9.67 Å². The molecule has 0 saturated carbocycles. The Bertz CT molecular complexity index is 1710. The van der Waals surface area contributed by atoms with Gasteiger partial charge >= 0.3 is 5.97 Å². The number of pyridine rings is 1. The van der Waals surface area contributed by atoms with Gasteiger partial charge in [-0.2, -0.15) is 5.21 Å². The monoisotopic (exact) mass is 508 g/mol. The third-order valence-corrected chi connectivity index (χ3v) is 7.87. The van der Waals surface area contributed by atoms with Crippen molar-refractivity contribution in [1.29, 1.82) is 0 Å². The number of thiophene rings is 1. The van der Waals surface area contributed by atoms with Gasteiger partial charge in [0.15, 0.2) is 0 Å². The van der Waals surface area contributed by atoms with Crippen LogP contribution in [0, 0.1) is 0 Å². The quantitative estimate of drug-likeness (QED) is 0.257. The molecule has 1 atom stereocenters. The Balaban J connectivity index is 1.77. The Labute approximate surface area is 216 Å². The lowest BCUT2D eigenvalue weighted by atomic mass is 9.84. The number of rotatable bonds is 8. The maximum Gasteiger partial charge on any atom is 0.338 e. The zero-order valence-corrected chi connectivity index (χ0v) is 20.9. The molecule has 0 spiro atoms. The predicted molar refractivity (Wildman–Crippen MR) is 144 cm³/mol. The molecule has 184 valence electrons. The molecule has 0 fully saturated rings. The Morgan fingerprint density at radius 3 is 2.59 bits per heavy atom. The van der Waals surface area contributed by atoms with Crippen LogP contribution >= 0.6 is 11.3 Å².